The summed E-state index contributed by atoms with van der Waals surface area (Å²) in [6.45, 7) is 5.71. The van der Waals surface area contributed by atoms with Crippen LogP contribution in [0.3, 0.4) is 0 Å². The lowest BCUT2D eigenvalue weighted by atomic mass is 9.99. The fourth-order valence-corrected chi connectivity index (χ4v) is 2.53. The van der Waals surface area contributed by atoms with Crippen LogP contribution in [0.4, 0.5) is 5.69 Å². The summed E-state index contributed by atoms with van der Waals surface area (Å²) >= 11 is 0. The van der Waals surface area contributed by atoms with Crippen LogP contribution in [-0.2, 0) is 6.42 Å². The Morgan fingerprint density at radius 1 is 1.28 bits per heavy atom. The molecular weight excluding hydrogens is 220 g/mol. The summed E-state index contributed by atoms with van der Waals surface area (Å²) < 4.78 is 0. The zero-order valence-corrected chi connectivity index (χ0v) is 11.5. The summed E-state index contributed by atoms with van der Waals surface area (Å²) in [5.41, 5.74) is 2.72. The van der Waals surface area contributed by atoms with Crippen LogP contribution in [0.25, 0.3) is 0 Å². The van der Waals surface area contributed by atoms with Crippen molar-refractivity contribution in [2.24, 2.45) is 5.92 Å². The molecule has 0 aromatic heterocycles. The lowest BCUT2D eigenvalue weighted by Gasteiger charge is -2.23. The standard InChI is InChI=1S/C16H26N2/c1-2-3-5-14-7-9-16(10-8-14)18-13-15-6-4-11-17-12-15/h7-10,15,17-18H,2-6,11-13H2,1H3. The molecule has 0 radical (unpaired) electrons. The molecule has 2 rings (SSSR count). The Morgan fingerprint density at radius 2 is 2.11 bits per heavy atom. The molecule has 0 aliphatic carbocycles. The maximum atomic E-state index is 3.56. The van der Waals surface area contributed by atoms with Crippen molar-refractivity contribution in [3.05, 3.63) is 29.8 Å². The van der Waals surface area contributed by atoms with E-state index in [0.29, 0.717) is 0 Å². The van der Waals surface area contributed by atoms with Gasteiger partial charge in [0.15, 0.2) is 0 Å². The van der Waals surface area contributed by atoms with Crippen LogP contribution in [0.5, 0.6) is 0 Å². The molecule has 1 atom stereocenters. The molecule has 1 unspecified atom stereocenters. The number of benzene rings is 1. The monoisotopic (exact) mass is 246 g/mol. The molecule has 0 spiro atoms. The van der Waals surface area contributed by atoms with Gasteiger partial charge in [0.1, 0.15) is 0 Å². The van der Waals surface area contributed by atoms with Gasteiger partial charge in [0.2, 0.25) is 0 Å². The molecule has 1 aliphatic rings. The first kappa shape index (κ1) is 13.4. The normalized spacial score (nSPS) is 19.7. The molecule has 100 valence electrons. The van der Waals surface area contributed by atoms with Crippen molar-refractivity contribution < 1.29 is 0 Å². The summed E-state index contributed by atoms with van der Waals surface area (Å²) in [7, 11) is 0. The fraction of sp³-hybridized carbons (Fsp3) is 0.625. The molecule has 18 heavy (non-hydrogen) atoms. The topological polar surface area (TPSA) is 24.1 Å². The van der Waals surface area contributed by atoms with Gasteiger partial charge in [-0.3, -0.25) is 0 Å². The smallest absolute Gasteiger partial charge is 0.0340 e. The lowest BCUT2D eigenvalue weighted by Crippen LogP contribution is -2.33. The average molecular weight is 246 g/mol. The molecule has 1 fully saturated rings. The van der Waals surface area contributed by atoms with E-state index in [1.54, 1.807) is 0 Å². The SMILES string of the molecule is CCCCc1ccc(NCC2CCCNC2)cc1. The number of nitrogens with one attached hydrogen (secondary N) is 2. The second-order valence-electron chi connectivity index (χ2n) is 5.39. The first-order valence-electron chi connectivity index (χ1n) is 7.42. The van der Waals surface area contributed by atoms with Gasteiger partial charge >= 0.3 is 0 Å². The molecular formula is C16H26N2. The van der Waals surface area contributed by atoms with E-state index in [4.69, 9.17) is 0 Å². The van der Waals surface area contributed by atoms with Crippen LogP contribution in [0.1, 0.15) is 38.2 Å². The molecule has 1 aromatic carbocycles. The van der Waals surface area contributed by atoms with Crippen molar-refractivity contribution in [2.75, 3.05) is 25.0 Å². The lowest BCUT2D eigenvalue weighted by molar-refractivity contribution is 0.393. The largest absolute Gasteiger partial charge is 0.385 e. The van der Waals surface area contributed by atoms with Gasteiger partial charge in [-0.05, 0) is 62.4 Å². The molecule has 2 N–H and O–H groups in total. The van der Waals surface area contributed by atoms with Crippen LogP contribution in [0.15, 0.2) is 24.3 Å². The Morgan fingerprint density at radius 3 is 2.78 bits per heavy atom. The first-order chi connectivity index (χ1) is 8.88. The van der Waals surface area contributed by atoms with Gasteiger partial charge in [-0.15, -0.1) is 0 Å². The molecule has 0 amide bonds. The Hall–Kier alpha value is -1.02. The number of aryl methyl sites for hydroxylation is 1. The molecule has 0 saturated carbocycles. The van der Waals surface area contributed by atoms with Crippen LogP contribution >= 0.6 is 0 Å². The molecule has 1 heterocycles. The van der Waals surface area contributed by atoms with E-state index < -0.39 is 0 Å². The highest BCUT2D eigenvalue weighted by Crippen LogP contribution is 2.14. The highest BCUT2D eigenvalue weighted by Gasteiger charge is 2.11. The first-order valence-corrected chi connectivity index (χ1v) is 7.42. The highest BCUT2D eigenvalue weighted by molar-refractivity contribution is 5.44. The fourth-order valence-electron chi connectivity index (χ4n) is 2.53. The third-order valence-corrected chi connectivity index (χ3v) is 3.77. The van der Waals surface area contributed by atoms with Crippen LogP contribution in [0.2, 0.25) is 0 Å². The van der Waals surface area contributed by atoms with Gasteiger partial charge in [0.25, 0.3) is 0 Å². The van der Waals surface area contributed by atoms with Gasteiger partial charge in [-0.1, -0.05) is 25.5 Å². The molecule has 0 bridgehead atoms. The second-order valence-corrected chi connectivity index (χ2v) is 5.39. The van der Waals surface area contributed by atoms with Crippen molar-refractivity contribution in [2.45, 2.75) is 39.0 Å². The predicted octanol–water partition coefficient (Wildman–Crippen LogP) is 3.44. The van der Waals surface area contributed by atoms with Crippen molar-refractivity contribution in [3.63, 3.8) is 0 Å². The van der Waals surface area contributed by atoms with E-state index in [2.05, 4.69) is 41.8 Å². The Kier molecular flexibility index (Phi) is 5.53. The van der Waals surface area contributed by atoms with E-state index in [9.17, 15) is 0 Å². The number of piperidine rings is 1. The van der Waals surface area contributed by atoms with E-state index >= 15 is 0 Å². The van der Waals surface area contributed by atoms with Crippen LogP contribution < -0.4 is 10.6 Å². The third-order valence-electron chi connectivity index (χ3n) is 3.77. The number of hydrogen-bond acceptors (Lipinski definition) is 2. The third kappa shape index (κ3) is 4.34. The number of anilines is 1. The summed E-state index contributed by atoms with van der Waals surface area (Å²) in [4.78, 5) is 0. The Balaban J connectivity index is 1.75. The molecule has 1 saturated heterocycles. The van der Waals surface area contributed by atoms with Gasteiger partial charge in [0, 0.05) is 12.2 Å². The molecule has 2 nitrogen and oxygen atoms in total. The zero-order valence-electron chi connectivity index (χ0n) is 11.5. The highest BCUT2D eigenvalue weighted by atomic mass is 14.9. The average Bonchev–Trinajstić information content (AvgIpc) is 2.45. The summed E-state index contributed by atoms with van der Waals surface area (Å²) in [6.07, 6.45) is 6.45. The second kappa shape index (κ2) is 7.42. The van der Waals surface area contributed by atoms with Crippen LogP contribution in [-0.4, -0.2) is 19.6 Å². The summed E-state index contributed by atoms with van der Waals surface area (Å²) in [5, 5.41) is 7.02. The van der Waals surface area contributed by atoms with E-state index in [0.717, 1.165) is 12.5 Å². The molecule has 1 aliphatic heterocycles. The van der Waals surface area contributed by atoms with Crippen LogP contribution in [0, 0.1) is 5.92 Å². The summed E-state index contributed by atoms with van der Waals surface area (Å²) in [5.74, 6) is 0.790. The number of rotatable bonds is 6. The van der Waals surface area contributed by atoms with Gasteiger partial charge < -0.3 is 10.6 Å². The number of hydrogen-bond donors (Lipinski definition) is 2. The van der Waals surface area contributed by atoms with E-state index in [-0.39, 0.29) is 0 Å². The minimum atomic E-state index is 0.790. The maximum Gasteiger partial charge on any atom is 0.0340 e. The number of unbranched alkanes of at least 4 members (excludes halogenated alkanes) is 1. The molecule has 1 aromatic rings. The quantitative estimate of drug-likeness (QED) is 0.803. The van der Waals surface area contributed by atoms with Crippen molar-refractivity contribution in [3.8, 4) is 0 Å². The zero-order chi connectivity index (χ0) is 12.6. The van der Waals surface area contributed by atoms with Crippen molar-refractivity contribution in [1.82, 2.24) is 5.32 Å². The van der Waals surface area contributed by atoms with Gasteiger partial charge in [-0.2, -0.15) is 0 Å². The minimum absolute atomic E-state index is 0.790. The predicted molar refractivity (Wildman–Crippen MR) is 79.1 cm³/mol. The Labute approximate surface area is 111 Å². The van der Waals surface area contributed by atoms with Crippen molar-refractivity contribution >= 4 is 5.69 Å². The van der Waals surface area contributed by atoms with E-state index in [1.807, 2.05) is 0 Å². The summed E-state index contributed by atoms with van der Waals surface area (Å²) in [6, 6.07) is 8.97. The van der Waals surface area contributed by atoms with E-state index in [1.165, 1.54) is 56.4 Å². The maximum absolute atomic E-state index is 3.56. The minimum Gasteiger partial charge on any atom is -0.385 e. The van der Waals surface area contributed by atoms with Gasteiger partial charge in [0.05, 0.1) is 0 Å². The molecule has 2 heteroatoms. The van der Waals surface area contributed by atoms with Gasteiger partial charge in [-0.25, -0.2) is 0 Å². The van der Waals surface area contributed by atoms with Crippen molar-refractivity contribution in [1.29, 1.82) is 0 Å². The Bertz CT molecular complexity index is 325.